The lowest BCUT2D eigenvalue weighted by atomic mass is 9.97. The normalized spacial score (nSPS) is 17.3. The lowest BCUT2D eigenvalue weighted by molar-refractivity contribution is -0.132. The predicted molar refractivity (Wildman–Crippen MR) is 109 cm³/mol. The number of likely N-dealkylation sites (N-methyl/N-ethyl adjacent to an activating group) is 1. The number of ether oxygens (including phenoxy) is 1. The van der Waals surface area contributed by atoms with Crippen LogP contribution in [0.25, 0.3) is 21.9 Å². The minimum absolute atomic E-state index is 0.0217. The van der Waals surface area contributed by atoms with E-state index in [0.29, 0.717) is 18.7 Å². The van der Waals surface area contributed by atoms with Crippen molar-refractivity contribution in [1.82, 2.24) is 4.90 Å². The highest BCUT2D eigenvalue weighted by Gasteiger charge is 2.31. The van der Waals surface area contributed by atoms with Gasteiger partial charge in [0.05, 0.1) is 4.90 Å². The maximum atomic E-state index is 12.3. The smallest absolute Gasteiger partial charge is 0.263 e. The Balaban J connectivity index is 1.84. The summed E-state index contributed by atoms with van der Waals surface area (Å²) >= 11 is 0. The van der Waals surface area contributed by atoms with Crippen LogP contribution >= 0.6 is 0 Å². The van der Waals surface area contributed by atoms with Gasteiger partial charge in [0.2, 0.25) is 0 Å². The van der Waals surface area contributed by atoms with Crippen molar-refractivity contribution in [2.45, 2.75) is 17.4 Å². The molecule has 3 aromatic rings. The monoisotopic (exact) mass is 395 g/mol. The number of fused-ring (bicyclic) bond motifs is 1. The van der Waals surface area contributed by atoms with Crippen LogP contribution in [0.1, 0.15) is 6.42 Å². The number of benzene rings is 3. The first-order chi connectivity index (χ1) is 13.3. The maximum absolute atomic E-state index is 12.3. The number of nitrogens with zero attached hydrogens (tertiary/aromatic N) is 1. The fourth-order valence-electron chi connectivity index (χ4n) is 3.57. The average Bonchev–Trinajstić information content (AvgIpc) is 2.99. The highest BCUT2D eigenvalue weighted by molar-refractivity contribution is 7.90. The zero-order valence-electron chi connectivity index (χ0n) is 15.8. The standard InChI is InChI=1S/C22H21NO4S/c1-23-14-13-20(22(23)24)27-19-12-9-15-5-3-4-6-18(15)21(19)16-7-10-17(11-8-16)28(2,25)26/h3-12,20H,13-14H2,1-2H3. The number of sulfone groups is 1. The zero-order chi connectivity index (χ0) is 19.9. The van der Waals surface area contributed by atoms with E-state index in [0.717, 1.165) is 21.9 Å². The zero-order valence-corrected chi connectivity index (χ0v) is 16.6. The van der Waals surface area contributed by atoms with Crippen molar-refractivity contribution < 1.29 is 17.9 Å². The van der Waals surface area contributed by atoms with Gasteiger partial charge < -0.3 is 9.64 Å². The van der Waals surface area contributed by atoms with Crippen LogP contribution in [0.4, 0.5) is 0 Å². The van der Waals surface area contributed by atoms with Crippen molar-refractivity contribution >= 4 is 26.5 Å². The Bertz CT molecular complexity index is 1150. The molecule has 6 heteroatoms. The summed E-state index contributed by atoms with van der Waals surface area (Å²) in [4.78, 5) is 14.3. The number of rotatable bonds is 4. The second-order valence-corrected chi connectivity index (χ2v) is 9.13. The van der Waals surface area contributed by atoms with E-state index in [9.17, 15) is 13.2 Å². The fraction of sp³-hybridized carbons (Fsp3) is 0.227. The summed E-state index contributed by atoms with van der Waals surface area (Å²) < 4.78 is 29.7. The van der Waals surface area contributed by atoms with Crippen LogP contribution in [-0.4, -0.2) is 45.2 Å². The lowest BCUT2D eigenvalue weighted by Gasteiger charge is -2.18. The quantitative estimate of drug-likeness (QED) is 0.678. The largest absolute Gasteiger partial charge is 0.480 e. The van der Waals surface area contributed by atoms with Gasteiger partial charge in [-0.25, -0.2) is 8.42 Å². The molecule has 1 saturated heterocycles. The van der Waals surface area contributed by atoms with Gasteiger partial charge in [0.25, 0.3) is 5.91 Å². The minimum atomic E-state index is -3.27. The van der Waals surface area contributed by atoms with Crippen LogP contribution in [0.3, 0.4) is 0 Å². The van der Waals surface area contributed by atoms with Gasteiger partial charge in [-0.05, 0) is 34.5 Å². The van der Waals surface area contributed by atoms with Crippen LogP contribution in [0.15, 0.2) is 65.6 Å². The molecule has 1 atom stereocenters. The number of carbonyl (C=O) groups excluding carboxylic acids is 1. The van der Waals surface area contributed by atoms with Gasteiger partial charge in [-0.15, -0.1) is 0 Å². The van der Waals surface area contributed by atoms with Gasteiger partial charge in [0.15, 0.2) is 15.9 Å². The van der Waals surface area contributed by atoms with E-state index in [1.807, 2.05) is 36.4 Å². The Morgan fingerprint density at radius 1 is 1.00 bits per heavy atom. The second kappa shape index (κ2) is 6.95. The van der Waals surface area contributed by atoms with E-state index < -0.39 is 15.9 Å². The number of hydrogen-bond acceptors (Lipinski definition) is 4. The molecule has 0 aliphatic carbocycles. The summed E-state index contributed by atoms with van der Waals surface area (Å²) in [5, 5.41) is 2.04. The summed E-state index contributed by atoms with van der Waals surface area (Å²) in [6, 6.07) is 18.6. The highest BCUT2D eigenvalue weighted by Crippen LogP contribution is 2.38. The summed E-state index contributed by atoms with van der Waals surface area (Å²) in [7, 11) is -1.49. The molecule has 0 spiro atoms. The molecule has 144 valence electrons. The second-order valence-electron chi connectivity index (χ2n) is 7.11. The van der Waals surface area contributed by atoms with Crippen molar-refractivity contribution in [1.29, 1.82) is 0 Å². The van der Waals surface area contributed by atoms with Gasteiger partial charge >= 0.3 is 0 Å². The van der Waals surface area contributed by atoms with Gasteiger partial charge in [-0.1, -0.05) is 42.5 Å². The molecule has 0 radical (unpaired) electrons. The van der Waals surface area contributed by atoms with E-state index in [4.69, 9.17) is 4.74 Å². The number of carbonyl (C=O) groups is 1. The van der Waals surface area contributed by atoms with Crippen molar-refractivity contribution in [2.75, 3.05) is 19.8 Å². The number of likely N-dealkylation sites (tertiary alicyclic amines) is 1. The lowest BCUT2D eigenvalue weighted by Crippen LogP contribution is -2.29. The van der Waals surface area contributed by atoms with Gasteiger partial charge in [0.1, 0.15) is 5.75 Å². The molecule has 1 aliphatic heterocycles. The van der Waals surface area contributed by atoms with E-state index in [2.05, 4.69) is 0 Å². The van der Waals surface area contributed by atoms with E-state index >= 15 is 0 Å². The van der Waals surface area contributed by atoms with Crippen LogP contribution < -0.4 is 4.74 Å². The molecule has 5 nitrogen and oxygen atoms in total. The molecule has 1 fully saturated rings. The third kappa shape index (κ3) is 3.36. The van der Waals surface area contributed by atoms with Crippen molar-refractivity contribution in [2.24, 2.45) is 0 Å². The molecule has 1 aliphatic rings. The summed E-state index contributed by atoms with van der Waals surface area (Å²) in [5.74, 6) is 0.603. The first-order valence-corrected chi connectivity index (χ1v) is 11.0. The van der Waals surface area contributed by atoms with Crippen molar-refractivity contribution in [3.05, 3.63) is 60.7 Å². The molecule has 0 bridgehead atoms. The van der Waals surface area contributed by atoms with Crippen molar-refractivity contribution in [3.8, 4) is 16.9 Å². The number of hydrogen-bond donors (Lipinski definition) is 0. The molecule has 0 aromatic heterocycles. The van der Waals surface area contributed by atoms with Crippen LogP contribution in [-0.2, 0) is 14.6 Å². The predicted octanol–water partition coefficient (Wildman–Crippen LogP) is 3.52. The first kappa shape index (κ1) is 18.5. The number of amides is 1. The maximum Gasteiger partial charge on any atom is 0.263 e. The summed E-state index contributed by atoms with van der Waals surface area (Å²) in [6.45, 7) is 0.676. The van der Waals surface area contributed by atoms with Crippen molar-refractivity contribution in [3.63, 3.8) is 0 Å². The molecule has 3 aromatic carbocycles. The fourth-order valence-corrected chi connectivity index (χ4v) is 4.20. The van der Waals surface area contributed by atoms with Crippen LogP contribution in [0.2, 0.25) is 0 Å². The van der Waals surface area contributed by atoms with Crippen LogP contribution in [0.5, 0.6) is 5.75 Å². The molecule has 1 amide bonds. The first-order valence-electron chi connectivity index (χ1n) is 9.08. The van der Waals surface area contributed by atoms with Gasteiger partial charge in [-0.3, -0.25) is 4.79 Å². The van der Waals surface area contributed by atoms with E-state index in [1.165, 1.54) is 6.26 Å². The molecule has 28 heavy (non-hydrogen) atoms. The van der Waals surface area contributed by atoms with E-state index in [-0.39, 0.29) is 10.8 Å². The molecule has 0 saturated carbocycles. The average molecular weight is 395 g/mol. The van der Waals surface area contributed by atoms with Crippen LogP contribution in [0, 0.1) is 0 Å². The molecule has 4 rings (SSSR count). The SMILES string of the molecule is CN1CCC(Oc2ccc3ccccc3c2-c2ccc(S(C)(=O)=O)cc2)C1=O. The Morgan fingerprint density at radius 3 is 2.36 bits per heavy atom. The van der Waals surface area contributed by atoms with Gasteiger partial charge in [-0.2, -0.15) is 0 Å². The molecular weight excluding hydrogens is 374 g/mol. The van der Waals surface area contributed by atoms with E-state index in [1.54, 1.807) is 36.2 Å². The Hall–Kier alpha value is -2.86. The Labute approximate surface area is 164 Å². The Kier molecular flexibility index (Phi) is 4.59. The third-order valence-electron chi connectivity index (χ3n) is 5.11. The third-order valence-corrected chi connectivity index (χ3v) is 6.24. The molecule has 1 heterocycles. The topological polar surface area (TPSA) is 63.7 Å². The Morgan fingerprint density at radius 2 is 1.71 bits per heavy atom. The molecule has 0 N–H and O–H groups in total. The summed E-state index contributed by atoms with van der Waals surface area (Å²) in [6.07, 6.45) is 1.34. The minimum Gasteiger partial charge on any atom is -0.480 e. The summed E-state index contributed by atoms with van der Waals surface area (Å²) in [5.41, 5.74) is 1.71. The molecular formula is C22H21NO4S. The highest BCUT2D eigenvalue weighted by atomic mass is 32.2. The molecule has 1 unspecified atom stereocenters. The van der Waals surface area contributed by atoms with Gasteiger partial charge in [0, 0.05) is 31.8 Å².